The van der Waals surface area contributed by atoms with Gasteiger partial charge in [-0.25, -0.2) is 27.2 Å². The summed E-state index contributed by atoms with van der Waals surface area (Å²) >= 11 is 0.912. The first-order valence-electron chi connectivity index (χ1n) is 12.2. The van der Waals surface area contributed by atoms with Crippen molar-refractivity contribution in [3.63, 3.8) is 0 Å². The number of rotatable bonds is 7. The summed E-state index contributed by atoms with van der Waals surface area (Å²) in [6, 6.07) is 6.41. The Morgan fingerprint density at radius 1 is 1.08 bits per heavy atom. The number of piperidine rings is 1. The molecule has 4 N–H and O–H groups in total. The minimum absolute atomic E-state index is 0.0618. The fourth-order valence-electron chi connectivity index (χ4n) is 4.55. The molecule has 5 rings (SSSR count). The lowest BCUT2D eigenvalue weighted by Gasteiger charge is -2.31. The summed E-state index contributed by atoms with van der Waals surface area (Å²) in [6.07, 6.45) is 2.40. The molecule has 1 aromatic carbocycles. The molecule has 2 aliphatic heterocycles. The quantitative estimate of drug-likeness (QED) is 0.370. The summed E-state index contributed by atoms with van der Waals surface area (Å²) < 4.78 is 55.9. The van der Waals surface area contributed by atoms with E-state index in [0.717, 1.165) is 55.5 Å². The number of nitrogens with one attached hydrogen (secondary N) is 2. The Morgan fingerprint density at radius 2 is 1.76 bits per heavy atom. The van der Waals surface area contributed by atoms with E-state index in [1.807, 2.05) is 0 Å². The third kappa shape index (κ3) is 5.34. The second kappa shape index (κ2) is 10.9. The van der Waals surface area contributed by atoms with Crippen LogP contribution in [-0.2, 0) is 10.0 Å². The van der Waals surface area contributed by atoms with E-state index in [0.29, 0.717) is 18.0 Å². The molecule has 0 unspecified atom stereocenters. The molecule has 0 radical (unpaired) electrons. The maximum Gasteiger partial charge on any atom is 0.244 e. The summed E-state index contributed by atoms with van der Waals surface area (Å²) in [7, 11) is -3.69. The monoisotopic (exact) mass is 563 g/mol. The maximum atomic E-state index is 14.1. The number of benzene rings is 1. The van der Waals surface area contributed by atoms with Crippen LogP contribution in [0.15, 0.2) is 41.4 Å². The smallest absolute Gasteiger partial charge is 0.244 e. The van der Waals surface area contributed by atoms with E-state index in [2.05, 4.69) is 25.5 Å². The molecule has 0 aliphatic carbocycles. The van der Waals surface area contributed by atoms with Crippen molar-refractivity contribution in [3.8, 4) is 0 Å². The highest BCUT2D eigenvalue weighted by molar-refractivity contribution is 7.89. The van der Waals surface area contributed by atoms with Crippen molar-refractivity contribution in [2.24, 2.45) is 0 Å². The molecule has 0 atom stereocenters. The number of pyridine rings is 1. The van der Waals surface area contributed by atoms with E-state index < -0.39 is 33.0 Å². The highest BCUT2D eigenvalue weighted by Gasteiger charge is 2.31. The second-order valence-electron chi connectivity index (χ2n) is 9.07. The zero-order chi connectivity index (χ0) is 26.9. The van der Waals surface area contributed by atoms with E-state index in [-0.39, 0.29) is 34.7 Å². The molecule has 10 nitrogen and oxygen atoms in total. The normalized spacial score (nSPS) is 17.5. The van der Waals surface area contributed by atoms with Crippen molar-refractivity contribution in [2.45, 2.75) is 23.8 Å². The number of nitrogen functional groups attached to an aromatic ring is 1. The molecule has 2 saturated heterocycles. The molecule has 0 amide bonds. The number of nitrogens with zero attached hydrogens (tertiary/aromatic N) is 4. The number of carbonyl (C=O) groups is 1. The Labute approximate surface area is 222 Å². The number of nitrogens with two attached hydrogens (primary N) is 1. The highest BCUT2D eigenvalue weighted by Crippen LogP contribution is 2.31. The van der Waals surface area contributed by atoms with E-state index >= 15 is 0 Å². The van der Waals surface area contributed by atoms with Crippen molar-refractivity contribution in [1.82, 2.24) is 19.6 Å². The first kappa shape index (κ1) is 26.4. The number of halogens is 2. The number of anilines is 3. The zero-order valence-corrected chi connectivity index (χ0v) is 22.0. The van der Waals surface area contributed by atoms with Crippen molar-refractivity contribution >= 4 is 43.9 Å². The number of carbonyl (C=O) groups excluding carboxylic acids is 1. The number of hydrogen-bond donors (Lipinski definition) is 3. The molecular weight excluding hydrogens is 536 g/mol. The fraction of sp³-hybridized carbons (Fsp3) is 0.375. The summed E-state index contributed by atoms with van der Waals surface area (Å²) in [5.41, 5.74) is 5.20. The van der Waals surface area contributed by atoms with Gasteiger partial charge in [0.25, 0.3) is 0 Å². The summed E-state index contributed by atoms with van der Waals surface area (Å²) in [6.45, 7) is 3.93. The van der Waals surface area contributed by atoms with Crippen molar-refractivity contribution in [1.29, 1.82) is 0 Å². The third-order valence-electron chi connectivity index (χ3n) is 6.63. The molecule has 2 aromatic heterocycles. The van der Waals surface area contributed by atoms with Gasteiger partial charge in [0.15, 0.2) is 5.13 Å². The van der Waals surface area contributed by atoms with Gasteiger partial charge in [-0.3, -0.25) is 4.79 Å². The molecule has 0 saturated carbocycles. The minimum Gasteiger partial charge on any atom is -0.382 e. The van der Waals surface area contributed by atoms with Crippen molar-refractivity contribution in [2.75, 3.05) is 55.2 Å². The lowest BCUT2D eigenvalue weighted by atomic mass is 10.1. The van der Waals surface area contributed by atoms with Crippen LogP contribution in [0.5, 0.6) is 0 Å². The highest BCUT2D eigenvalue weighted by atomic mass is 32.2. The molecule has 2 fully saturated rings. The Bertz CT molecular complexity index is 1400. The van der Waals surface area contributed by atoms with Gasteiger partial charge in [-0.2, -0.15) is 4.31 Å². The Hall–Kier alpha value is -3.20. The van der Waals surface area contributed by atoms with E-state index in [1.54, 1.807) is 12.1 Å². The second-order valence-corrected chi connectivity index (χ2v) is 12.0. The Morgan fingerprint density at radius 3 is 2.39 bits per heavy atom. The lowest BCUT2D eigenvalue weighted by molar-refractivity contribution is 0.103. The SMILES string of the molecule is Nc1nc(NC2CCN(S(=O)(=O)c3ccc(N4CCNCC4)nc3)CC2)sc1C(=O)c1c(F)cccc1F. The number of aromatic nitrogens is 2. The number of sulfonamides is 1. The largest absolute Gasteiger partial charge is 0.382 e. The van der Waals surface area contributed by atoms with Gasteiger partial charge in [-0.05, 0) is 37.1 Å². The lowest BCUT2D eigenvalue weighted by Crippen LogP contribution is -2.44. The fourth-order valence-corrected chi connectivity index (χ4v) is 6.88. The van der Waals surface area contributed by atoms with Crippen LogP contribution in [0.2, 0.25) is 0 Å². The van der Waals surface area contributed by atoms with Crippen LogP contribution >= 0.6 is 11.3 Å². The third-order valence-corrected chi connectivity index (χ3v) is 9.51. The van der Waals surface area contributed by atoms with Crippen LogP contribution in [0.3, 0.4) is 0 Å². The number of ketones is 1. The van der Waals surface area contributed by atoms with Gasteiger partial charge in [0.2, 0.25) is 15.8 Å². The summed E-state index contributed by atoms with van der Waals surface area (Å²) in [5.74, 6) is -2.19. The maximum absolute atomic E-state index is 14.1. The van der Waals surface area contributed by atoms with E-state index in [9.17, 15) is 22.0 Å². The molecule has 0 spiro atoms. The summed E-state index contributed by atoms with van der Waals surface area (Å²) in [5, 5.41) is 6.78. The first-order chi connectivity index (χ1) is 18.2. The molecule has 202 valence electrons. The molecular formula is C24H27F2N7O3S2. The molecule has 4 heterocycles. The number of piperazine rings is 1. The van der Waals surface area contributed by atoms with Crippen LogP contribution in [0.1, 0.15) is 28.1 Å². The van der Waals surface area contributed by atoms with Gasteiger partial charge in [0, 0.05) is 51.5 Å². The molecule has 2 aliphatic rings. The predicted octanol–water partition coefficient (Wildman–Crippen LogP) is 2.30. The Kier molecular flexibility index (Phi) is 7.56. The average Bonchev–Trinajstić information content (AvgIpc) is 3.29. The Balaban J connectivity index is 1.20. The van der Waals surface area contributed by atoms with Gasteiger partial charge in [-0.15, -0.1) is 0 Å². The van der Waals surface area contributed by atoms with Crippen LogP contribution < -0.4 is 21.3 Å². The van der Waals surface area contributed by atoms with Gasteiger partial charge >= 0.3 is 0 Å². The van der Waals surface area contributed by atoms with Gasteiger partial charge in [-0.1, -0.05) is 17.4 Å². The topological polar surface area (TPSA) is 134 Å². The molecule has 14 heteroatoms. The van der Waals surface area contributed by atoms with Gasteiger partial charge < -0.3 is 21.3 Å². The zero-order valence-electron chi connectivity index (χ0n) is 20.4. The van der Waals surface area contributed by atoms with Crippen molar-refractivity contribution < 1.29 is 22.0 Å². The van der Waals surface area contributed by atoms with Crippen LogP contribution in [0.25, 0.3) is 0 Å². The first-order valence-corrected chi connectivity index (χ1v) is 14.4. The van der Waals surface area contributed by atoms with Crippen LogP contribution in [0, 0.1) is 11.6 Å². The molecule has 3 aromatic rings. The van der Waals surface area contributed by atoms with Gasteiger partial charge in [0.05, 0.1) is 5.56 Å². The van der Waals surface area contributed by atoms with E-state index in [4.69, 9.17) is 5.73 Å². The van der Waals surface area contributed by atoms with Gasteiger partial charge in [0.1, 0.15) is 33.0 Å². The van der Waals surface area contributed by atoms with Crippen LogP contribution in [-0.4, -0.2) is 73.8 Å². The van der Waals surface area contributed by atoms with Crippen LogP contribution in [0.4, 0.5) is 25.5 Å². The number of thiazole rings is 1. The molecule has 0 bridgehead atoms. The molecule has 38 heavy (non-hydrogen) atoms. The summed E-state index contributed by atoms with van der Waals surface area (Å²) in [4.78, 5) is 23.4. The van der Waals surface area contributed by atoms with E-state index in [1.165, 1.54) is 16.6 Å². The number of hydrogen-bond acceptors (Lipinski definition) is 10. The van der Waals surface area contributed by atoms with Crippen molar-refractivity contribution in [3.05, 3.63) is 58.6 Å². The minimum atomic E-state index is -3.69. The predicted molar refractivity (Wildman–Crippen MR) is 141 cm³/mol. The standard InChI is InChI=1S/C24H27F2N7O3S2/c25-17-2-1-3-18(26)20(17)21(34)22-23(27)31-24(37-22)30-15-6-10-33(11-7-15)38(35,36)16-4-5-19(29-14-16)32-12-8-28-9-13-32/h1-5,14-15,28H,6-13,27H2,(H,30,31). The average molecular weight is 564 g/mol.